The zero-order valence-corrected chi connectivity index (χ0v) is 17.7. The molecule has 0 spiro atoms. The second kappa shape index (κ2) is 8.79. The first kappa shape index (κ1) is 21.3. The summed E-state index contributed by atoms with van der Waals surface area (Å²) in [6.45, 7) is 2.24. The van der Waals surface area contributed by atoms with Crippen molar-refractivity contribution in [3.8, 4) is 11.5 Å². The van der Waals surface area contributed by atoms with E-state index in [4.69, 9.17) is 15.2 Å². The fraction of sp³-hybridized carbons (Fsp3) is 0.333. The maximum Gasteiger partial charge on any atom is 0.161 e. The van der Waals surface area contributed by atoms with Crippen molar-refractivity contribution in [2.24, 2.45) is 0 Å². The zero-order chi connectivity index (χ0) is 20.2. The van der Waals surface area contributed by atoms with E-state index in [1.54, 1.807) is 24.3 Å². The number of hydrogen-bond donors (Lipinski definition) is 2. The predicted octanol–water partition coefficient (Wildman–Crippen LogP) is 3.78. The standard InChI is InChI=1S/C18H22BrFN2O4S/c1-4-26-17-7-11(5-6-16(17)25-2)15(10-27(3,23)24)22-18-13(20)8-12(19)9-14(18)21/h5-9,15,22H,4,10,21H2,1-3H3/t15-/m1/s1. The Balaban J connectivity index is 2.48. The van der Waals surface area contributed by atoms with E-state index in [-0.39, 0.29) is 17.1 Å². The molecule has 0 amide bonds. The first-order valence-corrected chi connectivity index (χ1v) is 11.0. The van der Waals surface area contributed by atoms with Crippen molar-refractivity contribution in [1.29, 1.82) is 0 Å². The van der Waals surface area contributed by atoms with Gasteiger partial charge in [-0.1, -0.05) is 22.0 Å². The molecule has 0 aliphatic heterocycles. The number of nitrogen functional groups attached to an aromatic ring is 1. The number of anilines is 2. The largest absolute Gasteiger partial charge is 0.493 e. The molecule has 0 aliphatic carbocycles. The molecule has 27 heavy (non-hydrogen) atoms. The van der Waals surface area contributed by atoms with Crippen LogP contribution in [-0.4, -0.2) is 34.1 Å². The average Bonchev–Trinajstić information content (AvgIpc) is 2.56. The Hall–Kier alpha value is -2.00. The second-order valence-electron chi connectivity index (χ2n) is 5.98. The van der Waals surface area contributed by atoms with E-state index in [9.17, 15) is 12.8 Å². The van der Waals surface area contributed by atoms with Gasteiger partial charge < -0.3 is 20.5 Å². The summed E-state index contributed by atoms with van der Waals surface area (Å²) in [6.07, 6.45) is 1.12. The van der Waals surface area contributed by atoms with Gasteiger partial charge in [0.25, 0.3) is 0 Å². The van der Waals surface area contributed by atoms with Crippen LogP contribution in [0.4, 0.5) is 15.8 Å². The maximum absolute atomic E-state index is 14.4. The second-order valence-corrected chi connectivity index (χ2v) is 9.09. The van der Waals surface area contributed by atoms with E-state index >= 15 is 0 Å². The van der Waals surface area contributed by atoms with Gasteiger partial charge in [-0.05, 0) is 36.8 Å². The summed E-state index contributed by atoms with van der Waals surface area (Å²) >= 11 is 3.18. The van der Waals surface area contributed by atoms with E-state index in [1.807, 2.05) is 6.92 Å². The zero-order valence-electron chi connectivity index (χ0n) is 15.3. The van der Waals surface area contributed by atoms with Gasteiger partial charge in [0.2, 0.25) is 0 Å². The molecule has 2 aromatic carbocycles. The SMILES string of the molecule is CCOc1cc([C@@H](CS(C)(=O)=O)Nc2c(N)cc(Br)cc2F)ccc1OC. The van der Waals surface area contributed by atoms with Crippen LogP contribution in [-0.2, 0) is 9.84 Å². The van der Waals surface area contributed by atoms with Crippen LogP contribution in [0.25, 0.3) is 0 Å². The fourth-order valence-corrected chi connectivity index (χ4v) is 3.95. The predicted molar refractivity (Wildman–Crippen MR) is 109 cm³/mol. The lowest BCUT2D eigenvalue weighted by molar-refractivity contribution is 0.310. The van der Waals surface area contributed by atoms with E-state index in [0.29, 0.717) is 28.1 Å². The summed E-state index contributed by atoms with van der Waals surface area (Å²) in [5.74, 6) is 0.161. The van der Waals surface area contributed by atoms with Gasteiger partial charge in [0.05, 0.1) is 36.9 Å². The molecule has 0 saturated carbocycles. The molecule has 2 rings (SSSR count). The number of rotatable bonds is 8. The van der Waals surface area contributed by atoms with Crippen LogP contribution < -0.4 is 20.5 Å². The summed E-state index contributed by atoms with van der Waals surface area (Å²) in [7, 11) is -1.86. The third kappa shape index (κ3) is 5.74. The lowest BCUT2D eigenvalue weighted by Gasteiger charge is -2.22. The summed E-state index contributed by atoms with van der Waals surface area (Å²) in [5.41, 5.74) is 6.72. The minimum atomic E-state index is -3.37. The van der Waals surface area contributed by atoms with Crippen molar-refractivity contribution in [3.05, 3.63) is 46.2 Å². The molecule has 1 atom stereocenters. The van der Waals surface area contributed by atoms with Gasteiger partial charge in [0.15, 0.2) is 11.5 Å². The van der Waals surface area contributed by atoms with Crippen LogP contribution in [0.5, 0.6) is 11.5 Å². The maximum atomic E-state index is 14.4. The highest BCUT2D eigenvalue weighted by Gasteiger charge is 2.22. The highest BCUT2D eigenvalue weighted by molar-refractivity contribution is 9.10. The summed E-state index contributed by atoms with van der Waals surface area (Å²) in [4.78, 5) is 0. The molecule has 0 aromatic heterocycles. The molecule has 0 fully saturated rings. The molecule has 0 saturated heterocycles. The molecule has 0 unspecified atom stereocenters. The van der Waals surface area contributed by atoms with Gasteiger partial charge in [0.1, 0.15) is 15.7 Å². The summed E-state index contributed by atoms with van der Waals surface area (Å²) < 4.78 is 49.5. The van der Waals surface area contributed by atoms with Crippen LogP contribution in [0, 0.1) is 5.82 Å². The molecule has 0 heterocycles. The fourth-order valence-electron chi connectivity index (χ4n) is 2.62. The van der Waals surface area contributed by atoms with Gasteiger partial charge >= 0.3 is 0 Å². The number of nitrogens with one attached hydrogen (secondary N) is 1. The molecule has 2 aromatic rings. The Morgan fingerprint density at radius 1 is 1.26 bits per heavy atom. The molecule has 148 valence electrons. The summed E-state index contributed by atoms with van der Waals surface area (Å²) in [6, 6.07) is 7.13. The average molecular weight is 461 g/mol. The Kier molecular flexibility index (Phi) is 6.94. The van der Waals surface area contributed by atoms with E-state index < -0.39 is 21.7 Å². The van der Waals surface area contributed by atoms with Crippen LogP contribution in [0.15, 0.2) is 34.8 Å². The van der Waals surface area contributed by atoms with Crippen LogP contribution in [0.1, 0.15) is 18.5 Å². The monoisotopic (exact) mass is 460 g/mol. The van der Waals surface area contributed by atoms with Crippen molar-refractivity contribution >= 4 is 37.1 Å². The minimum Gasteiger partial charge on any atom is -0.493 e. The molecule has 3 N–H and O–H groups in total. The van der Waals surface area contributed by atoms with Gasteiger partial charge in [-0.3, -0.25) is 0 Å². The van der Waals surface area contributed by atoms with Crippen LogP contribution in [0.3, 0.4) is 0 Å². The minimum absolute atomic E-state index is 0.0422. The number of ether oxygens (including phenoxy) is 2. The van der Waals surface area contributed by atoms with Crippen LogP contribution >= 0.6 is 15.9 Å². The number of halogens is 2. The van der Waals surface area contributed by atoms with Gasteiger partial charge in [-0.2, -0.15) is 0 Å². The molecular formula is C18H22BrFN2O4S. The van der Waals surface area contributed by atoms with Crippen molar-refractivity contribution in [3.63, 3.8) is 0 Å². The van der Waals surface area contributed by atoms with Crippen molar-refractivity contribution in [1.82, 2.24) is 0 Å². The van der Waals surface area contributed by atoms with Gasteiger partial charge in [-0.25, -0.2) is 12.8 Å². The number of benzene rings is 2. The third-order valence-electron chi connectivity index (χ3n) is 3.76. The topological polar surface area (TPSA) is 90.7 Å². The summed E-state index contributed by atoms with van der Waals surface area (Å²) in [5, 5.41) is 2.93. The quantitative estimate of drug-likeness (QED) is 0.582. The Morgan fingerprint density at radius 3 is 2.52 bits per heavy atom. The highest BCUT2D eigenvalue weighted by Crippen LogP contribution is 2.34. The van der Waals surface area contributed by atoms with Crippen LogP contribution in [0.2, 0.25) is 0 Å². The van der Waals surface area contributed by atoms with E-state index in [1.165, 1.54) is 13.2 Å². The van der Waals surface area contributed by atoms with Gasteiger partial charge in [-0.15, -0.1) is 0 Å². The molecule has 0 bridgehead atoms. The Morgan fingerprint density at radius 2 is 1.96 bits per heavy atom. The molecule has 0 aliphatic rings. The molecule has 0 radical (unpaired) electrons. The molecule has 6 nitrogen and oxygen atoms in total. The van der Waals surface area contributed by atoms with E-state index in [0.717, 1.165) is 6.26 Å². The number of hydrogen-bond acceptors (Lipinski definition) is 6. The highest BCUT2D eigenvalue weighted by atomic mass is 79.9. The van der Waals surface area contributed by atoms with E-state index in [2.05, 4.69) is 21.2 Å². The van der Waals surface area contributed by atoms with Crippen molar-refractivity contribution in [2.75, 3.05) is 36.8 Å². The first-order chi connectivity index (χ1) is 12.6. The Labute approximate surface area is 166 Å². The van der Waals surface area contributed by atoms with Crippen molar-refractivity contribution < 1.29 is 22.3 Å². The number of sulfone groups is 1. The van der Waals surface area contributed by atoms with Gasteiger partial charge in [0, 0.05) is 10.7 Å². The smallest absolute Gasteiger partial charge is 0.161 e. The lowest BCUT2D eigenvalue weighted by Crippen LogP contribution is -2.22. The number of nitrogens with two attached hydrogens (primary N) is 1. The lowest BCUT2D eigenvalue weighted by atomic mass is 10.1. The number of methoxy groups -OCH3 is 1. The third-order valence-corrected chi connectivity index (χ3v) is 5.16. The first-order valence-electron chi connectivity index (χ1n) is 8.14. The van der Waals surface area contributed by atoms with Crippen molar-refractivity contribution in [2.45, 2.75) is 13.0 Å². The Bertz CT molecular complexity index is 899. The molecule has 9 heteroatoms. The normalized spacial score (nSPS) is 12.5. The molecular weight excluding hydrogens is 439 g/mol.